The minimum absolute atomic E-state index is 0.201. The zero-order chi connectivity index (χ0) is 18.6. The summed E-state index contributed by atoms with van der Waals surface area (Å²) < 4.78 is 39.4. The summed E-state index contributed by atoms with van der Waals surface area (Å²) in [7, 11) is -2.19. The van der Waals surface area contributed by atoms with Gasteiger partial charge in [0.05, 0.1) is 13.2 Å². The van der Waals surface area contributed by atoms with E-state index in [9.17, 15) is 8.42 Å². The second-order valence-electron chi connectivity index (χ2n) is 6.63. The number of hydrogen-bond acceptors (Lipinski definition) is 4. The van der Waals surface area contributed by atoms with E-state index in [1.165, 1.54) is 12.7 Å². The Balaban J connectivity index is 1.74. The molecule has 0 radical (unpaired) electrons. The lowest BCUT2D eigenvalue weighted by molar-refractivity contribution is 0.287. The van der Waals surface area contributed by atoms with E-state index in [0.717, 1.165) is 31.2 Å². The number of sulfonamides is 1. The first-order chi connectivity index (χ1) is 12.5. The summed E-state index contributed by atoms with van der Waals surface area (Å²) in [5.74, 6) is 1.11. The number of ether oxygens (including phenoxy) is 2. The van der Waals surface area contributed by atoms with E-state index in [4.69, 9.17) is 9.47 Å². The Hall–Kier alpha value is -2.05. The number of nitrogens with one attached hydrogen (secondary N) is 1. The van der Waals surface area contributed by atoms with Crippen LogP contribution in [0.4, 0.5) is 0 Å². The first-order valence-electron chi connectivity index (χ1n) is 8.89. The van der Waals surface area contributed by atoms with Gasteiger partial charge in [-0.1, -0.05) is 18.2 Å². The van der Waals surface area contributed by atoms with Crippen LogP contribution in [0.2, 0.25) is 0 Å². The number of aryl methyl sites for hydroxylation is 2. The fourth-order valence-electron chi connectivity index (χ4n) is 3.21. The van der Waals surface area contributed by atoms with Gasteiger partial charge in [0, 0.05) is 0 Å². The van der Waals surface area contributed by atoms with Gasteiger partial charge in [0.1, 0.15) is 23.0 Å². The first-order valence-corrected chi connectivity index (χ1v) is 10.4. The van der Waals surface area contributed by atoms with Crippen LogP contribution in [0.1, 0.15) is 30.9 Å². The third kappa shape index (κ3) is 4.37. The fraction of sp³-hybridized carbons (Fsp3) is 0.400. The summed E-state index contributed by atoms with van der Waals surface area (Å²) in [4.78, 5) is 0.201. The molecular weight excluding hydrogens is 350 g/mol. The number of hydrogen-bond donors (Lipinski definition) is 1. The number of rotatable bonds is 7. The predicted octanol–water partition coefficient (Wildman–Crippen LogP) is 3.32. The molecule has 0 fully saturated rings. The van der Waals surface area contributed by atoms with Gasteiger partial charge in [-0.3, -0.25) is 0 Å². The van der Waals surface area contributed by atoms with Crippen molar-refractivity contribution in [3.63, 3.8) is 0 Å². The Labute approximate surface area is 155 Å². The molecule has 2 aromatic carbocycles. The molecule has 6 heteroatoms. The van der Waals surface area contributed by atoms with Crippen LogP contribution in [0.5, 0.6) is 11.5 Å². The molecule has 0 amide bonds. The topological polar surface area (TPSA) is 64.6 Å². The quantitative estimate of drug-likeness (QED) is 0.806. The second kappa shape index (κ2) is 8.10. The summed E-state index contributed by atoms with van der Waals surface area (Å²) in [5.41, 5.74) is 2.29. The average molecular weight is 375 g/mol. The van der Waals surface area contributed by atoms with Crippen LogP contribution in [0.15, 0.2) is 47.4 Å². The number of benzene rings is 2. The molecule has 0 saturated heterocycles. The van der Waals surface area contributed by atoms with E-state index in [1.54, 1.807) is 13.0 Å². The highest BCUT2D eigenvalue weighted by molar-refractivity contribution is 7.89. The van der Waals surface area contributed by atoms with E-state index in [-0.39, 0.29) is 17.5 Å². The van der Waals surface area contributed by atoms with Crippen LogP contribution >= 0.6 is 0 Å². The lowest BCUT2D eigenvalue weighted by Crippen LogP contribution is -2.37. The molecule has 0 unspecified atom stereocenters. The van der Waals surface area contributed by atoms with Gasteiger partial charge in [0.2, 0.25) is 10.0 Å². The minimum Gasteiger partial charge on any atom is -0.495 e. The third-order valence-corrected chi connectivity index (χ3v) is 6.13. The highest BCUT2D eigenvalue weighted by atomic mass is 32.2. The fourth-order valence-corrected chi connectivity index (χ4v) is 4.64. The van der Waals surface area contributed by atoms with Gasteiger partial charge in [-0.25, -0.2) is 13.1 Å². The van der Waals surface area contributed by atoms with Crippen LogP contribution < -0.4 is 14.2 Å². The molecule has 0 aromatic heterocycles. The van der Waals surface area contributed by atoms with Gasteiger partial charge < -0.3 is 9.47 Å². The Morgan fingerprint density at radius 3 is 2.38 bits per heavy atom. The van der Waals surface area contributed by atoms with Crippen LogP contribution in [0.25, 0.3) is 0 Å². The van der Waals surface area contributed by atoms with Crippen molar-refractivity contribution in [3.8, 4) is 11.5 Å². The molecular formula is C20H25NO4S. The molecule has 5 nitrogen and oxygen atoms in total. The predicted molar refractivity (Wildman–Crippen MR) is 101 cm³/mol. The number of fused-ring (bicyclic) bond motifs is 1. The normalized spacial score (nSPS) is 15.2. The Bertz CT molecular complexity index is 850. The number of methoxy groups -OCH3 is 1. The summed E-state index contributed by atoms with van der Waals surface area (Å²) >= 11 is 0. The molecule has 1 aliphatic carbocycles. The third-order valence-electron chi connectivity index (χ3n) is 4.52. The molecule has 140 valence electrons. The highest BCUT2D eigenvalue weighted by Gasteiger charge is 2.25. The van der Waals surface area contributed by atoms with Crippen molar-refractivity contribution >= 4 is 10.0 Å². The molecule has 0 saturated carbocycles. The molecule has 3 rings (SSSR count). The summed E-state index contributed by atoms with van der Waals surface area (Å²) in [6, 6.07) is 12.6. The molecule has 1 atom stereocenters. The van der Waals surface area contributed by atoms with E-state index < -0.39 is 10.0 Å². The molecule has 26 heavy (non-hydrogen) atoms. The lowest BCUT2D eigenvalue weighted by atomic mass is 9.92. The van der Waals surface area contributed by atoms with Gasteiger partial charge in [-0.15, -0.1) is 0 Å². The average Bonchev–Trinajstić information content (AvgIpc) is 2.65. The van der Waals surface area contributed by atoms with Crippen molar-refractivity contribution in [2.45, 2.75) is 43.5 Å². The van der Waals surface area contributed by atoms with E-state index in [0.29, 0.717) is 11.5 Å². The van der Waals surface area contributed by atoms with Crippen LogP contribution in [-0.2, 0) is 22.9 Å². The molecule has 1 aliphatic rings. The lowest BCUT2D eigenvalue weighted by Gasteiger charge is -2.21. The zero-order valence-corrected chi connectivity index (χ0v) is 16.0. The van der Waals surface area contributed by atoms with Crippen molar-refractivity contribution in [3.05, 3.63) is 53.6 Å². The maximum Gasteiger partial charge on any atom is 0.244 e. The molecule has 0 bridgehead atoms. The summed E-state index contributed by atoms with van der Waals surface area (Å²) in [6.07, 6.45) is 4.11. The molecule has 2 aromatic rings. The Morgan fingerprint density at radius 2 is 1.73 bits per heavy atom. The molecule has 1 N–H and O–H groups in total. The Morgan fingerprint density at radius 1 is 1.08 bits per heavy atom. The van der Waals surface area contributed by atoms with Crippen molar-refractivity contribution in [1.29, 1.82) is 0 Å². The molecule has 0 spiro atoms. The van der Waals surface area contributed by atoms with Gasteiger partial charge in [-0.2, -0.15) is 0 Å². The summed E-state index contributed by atoms with van der Waals surface area (Å²) in [5, 5.41) is 0. The van der Waals surface area contributed by atoms with Crippen molar-refractivity contribution in [1.82, 2.24) is 4.72 Å². The van der Waals surface area contributed by atoms with Gasteiger partial charge in [-0.05, 0) is 68.0 Å². The van der Waals surface area contributed by atoms with Gasteiger partial charge in [0.15, 0.2) is 0 Å². The second-order valence-corrected chi connectivity index (χ2v) is 8.31. The standard InChI is InChI=1S/C20H25NO4S/c1-15(14-25-18-10-4-3-5-11-18)21-26(22,23)20-13-17-9-7-6-8-16(17)12-19(20)24-2/h3-5,10-13,15,21H,6-9,14H2,1-2H3/t15-/m1/s1. The molecule has 0 heterocycles. The van der Waals surface area contributed by atoms with Crippen molar-refractivity contribution < 1.29 is 17.9 Å². The first kappa shape index (κ1) is 18.7. The van der Waals surface area contributed by atoms with Crippen LogP contribution in [0, 0.1) is 0 Å². The van der Waals surface area contributed by atoms with Gasteiger partial charge in [0.25, 0.3) is 0 Å². The SMILES string of the molecule is COc1cc2c(cc1S(=O)(=O)N[C@H](C)COc1ccccc1)CCCC2. The maximum absolute atomic E-state index is 12.9. The van der Waals surface area contributed by atoms with E-state index in [1.807, 2.05) is 36.4 Å². The summed E-state index contributed by atoms with van der Waals surface area (Å²) in [6.45, 7) is 2.03. The van der Waals surface area contributed by atoms with E-state index in [2.05, 4.69) is 4.72 Å². The minimum atomic E-state index is -3.70. The Kier molecular flexibility index (Phi) is 5.84. The monoisotopic (exact) mass is 375 g/mol. The van der Waals surface area contributed by atoms with Crippen molar-refractivity contribution in [2.24, 2.45) is 0 Å². The highest BCUT2D eigenvalue weighted by Crippen LogP contribution is 2.32. The largest absolute Gasteiger partial charge is 0.495 e. The van der Waals surface area contributed by atoms with E-state index >= 15 is 0 Å². The van der Waals surface area contributed by atoms with Crippen LogP contribution in [0.3, 0.4) is 0 Å². The zero-order valence-electron chi connectivity index (χ0n) is 15.2. The smallest absolute Gasteiger partial charge is 0.244 e. The van der Waals surface area contributed by atoms with Crippen molar-refractivity contribution in [2.75, 3.05) is 13.7 Å². The van der Waals surface area contributed by atoms with Crippen LogP contribution in [-0.4, -0.2) is 28.2 Å². The van der Waals surface area contributed by atoms with Gasteiger partial charge >= 0.3 is 0 Å². The maximum atomic E-state index is 12.9. The molecule has 0 aliphatic heterocycles. The number of para-hydroxylation sites is 1.